The van der Waals surface area contributed by atoms with Gasteiger partial charge in [0.2, 0.25) is 0 Å². The van der Waals surface area contributed by atoms with Crippen molar-refractivity contribution in [2.24, 2.45) is 5.92 Å². The zero-order chi connectivity index (χ0) is 10.8. The van der Waals surface area contributed by atoms with E-state index in [0.717, 1.165) is 36.1 Å². The maximum atomic E-state index is 6.04. The summed E-state index contributed by atoms with van der Waals surface area (Å²) in [6.45, 7) is 6.51. The molecule has 0 aromatic carbocycles. The predicted octanol–water partition coefficient (Wildman–Crippen LogP) is 2.21. The summed E-state index contributed by atoms with van der Waals surface area (Å²) in [7, 11) is 0. The number of hydrogen-bond acceptors (Lipinski definition) is 3. The van der Waals surface area contributed by atoms with Gasteiger partial charge >= 0.3 is 0 Å². The zero-order valence-electron chi connectivity index (χ0n) is 9.53. The largest absolute Gasteiger partial charge is 0.396 e. The smallest absolute Gasteiger partial charge is 0.152 e. The number of nitrogens with zero attached hydrogens (tertiary/aromatic N) is 2. The van der Waals surface area contributed by atoms with Crippen LogP contribution in [0.5, 0.6) is 0 Å². The number of nitrogen functional groups attached to an aromatic ring is 1. The lowest BCUT2D eigenvalue weighted by Crippen LogP contribution is -2.34. The van der Waals surface area contributed by atoms with E-state index in [0.29, 0.717) is 0 Å². The number of nitrogens with two attached hydrogens (primary N) is 1. The average Bonchev–Trinajstić information content (AvgIpc) is 2.24. The molecule has 0 atom stereocenters. The quantitative estimate of drug-likeness (QED) is 0.764. The highest BCUT2D eigenvalue weighted by Crippen LogP contribution is 2.27. The van der Waals surface area contributed by atoms with Gasteiger partial charge < -0.3 is 10.6 Å². The number of aryl methyl sites for hydroxylation is 1. The van der Waals surface area contributed by atoms with E-state index in [1.165, 1.54) is 12.8 Å². The highest BCUT2D eigenvalue weighted by atomic mass is 15.2. The number of anilines is 2. The minimum atomic E-state index is 0.840. The van der Waals surface area contributed by atoms with Crippen LogP contribution in [0.2, 0.25) is 0 Å². The molecule has 82 valence electrons. The first-order valence-electron chi connectivity index (χ1n) is 5.64. The maximum Gasteiger partial charge on any atom is 0.152 e. The lowest BCUT2D eigenvalue weighted by Gasteiger charge is -2.32. The van der Waals surface area contributed by atoms with Gasteiger partial charge in [-0.1, -0.05) is 6.92 Å². The number of aromatic nitrogens is 1. The van der Waals surface area contributed by atoms with Crippen LogP contribution in [-0.4, -0.2) is 18.1 Å². The third-order valence-electron chi connectivity index (χ3n) is 3.27. The molecule has 0 saturated carbocycles. The van der Waals surface area contributed by atoms with Crippen molar-refractivity contribution in [3.63, 3.8) is 0 Å². The molecule has 0 radical (unpaired) electrons. The second-order valence-corrected chi connectivity index (χ2v) is 4.53. The Labute approximate surface area is 91.3 Å². The highest BCUT2D eigenvalue weighted by Gasteiger charge is 2.18. The molecule has 0 amide bonds. The maximum absolute atomic E-state index is 6.04. The average molecular weight is 205 g/mol. The Hall–Kier alpha value is -1.25. The molecule has 0 bridgehead atoms. The van der Waals surface area contributed by atoms with Gasteiger partial charge in [0.25, 0.3) is 0 Å². The van der Waals surface area contributed by atoms with Gasteiger partial charge in [-0.05, 0) is 37.3 Å². The van der Waals surface area contributed by atoms with Crippen LogP contribution >= 0.6 is 0 Å². The number of hydrogen-bond donors (Lipinski definition) is 1. The third-order valence-corrected chi connectivity index (χ3v) is 3.27. The van der Waals surface area contributed by atoms with Crippen molar-refractivity contribution in [1.29, 1.82) is 0 Å². The Balaban J connectivity index is 2.19. The molecule has 2 N–H and O–H groups in total. The van der Waals surface area contributed by atoms with Crippen LogP contribution in [-0.2, 0) is 0 Å². The molecule has 1 aromatic rings. The summed E-state index contributed by atoms with van der Waals surface area (Å²) in [5.41, 5.74) is 8.01. The Kier molecular flexibility index (Phi) is 2.80. The van der Waals surface area contributed by atoms with Gasteiger partial charge in [-0.3, -0.25) is 0 Å². The lowest BCUT2D eigenvalue weighted by molar-refractivity contribution is 0.437. The Morgan fingerprint density at radius 3 is 2.73 bits per heavy atom. The van der Waals surface area contributed by atoms with Crippen molar-refractivity contribution in [3.8, 4) is 0 Å². The minimum absolute atomic E-state index is 0.840. The van der Waals surface area contributed by atoms with Crippen molar-refractivity contribution in [1.82, 2.24) is 4.98 Å². The van der Waals surface area contributed by atoms with Crippen LogP contribution in [0.3, 0.4) is 0 Å². The Bertz CT molecular complexity index is 341. The van der Waals surface area contributed by atoms with E-state index in [1.807, 2.05) is 19.2 Å². The second-order valence-electron chi connectivity index (χ2n) is 4.53. The molecular formula is C12H19N3. The van der Waals surface area contributed by atoms with E-state index in [1.54, 1.807) is 0 Å². The first-order chi connectivity index (χ1) is 7.18. The van der Waals surface area contributed by atoms with Crippen molar-refractivity contribution in [2.75, 3.05) is 23.7 Å². The fourth-order valence-corrected chi connectivity index (χ4v) is 2.03. The molecule has 15 heavy (non-hydrogen) atoms. The van der Waals surface area contributed by atoms with Crippen LogP contribution in [0.15, 0.2) is 12.3 Å². The van der Waals surface area contributed by atoms with Crippen molar-refractivity contribution in [3.05, 3.63) is 17.8 Å². The normalized spacial score (nSPS) is 18.1. The SMILES string of the molecule is Cc1ccnc(N2CCC(C)CC2)c1N. The van der Waals surface area contributed by atoms with Crippen molar-refractivity contribution in [2.45, 2.75) is 26.7 Å². The van der Waals surface area contributed by atoms with Crippen molar-refractivity contribution >= 4 is 11.5 Å². The molecule has 1 fully saturated rings. The molecule has 1 saturated heterocycles. The fourth-order valence-electron chi connectivity index (χ4n) is 2.03. The van der Waals surface area contributed by atoms with Gasteiger partial charge in [-0.2, -0.15) is 0 Å². The first-order valence-corrected chi connectivity index (χ1v) is 5.64. The van der Waals surface area contributed by atoms with Gasteiger partial charge in [0.15, 0.2) is 5.82 Å². The van der Waals surface area contributed by atoms with Gasteiger partial charge in [-0.15, -0.1) is 0 Å². The summed E-state index contributed by atoms with van der Waals surface area (Å²) in [5.74, 6) is 1.81. The van der Waals surface area contributed by atoms with E-state index < -0.39 is 0 Å². The second kappa shape index (κ2) is 4.09. The third kappa shape index (κ3) is 2.06. The summed E-state index contributed by atoms with van der Waals surface area (Å²) in [6, 6.07) is 1.96. The molecule has 0 aliphatic carbocycles. The molecular weight excluding hydrogens is 186 g/mol. The van der Waals surface area contributed by atoms with E-state index in [9.17, 15) is 0 Å². The number of rotatable bonds is 1. The predicted molar refractivity (Wildman–Crippen MR) is 64.0 cm³/mol. The van der Waals surface area contributed by atoms with E-state index in [2.05, 4.69) is 16.8 Å². The lowest BCUT2D eigenvalue weighted by atomic mass is 9.99. The summed E-state index contributed by atoms with van der Waals surface area (Å²) in [6.07, 6.45) is 4.34. The molecule has 0 spiro atoms. The van der Waals surface area contributed by atoms with Crippen LogP contribution < -0.4 is 10.6 Å². The number of pyridine rings is 1. The Morgan fingerprint density at radius 2 is 2.07 bits per heavy atom. The standard InChI is InChI=1S/C12H19N3/c1-9-4-7-15(8-5-9)12-11(13)10(2)3-6-14-12/h3,6,9H,4-5,7-8,13H2,1-2H3. The molecule has 3 heteroatoms. The van der Waals surface area contributed by atoms with Crippen LogP contribution in [0.4, 0.5) is 11.5 Å². The zero-order valence-corrected chi connectivity index (χ0v) is 9.53. The first kappa shape index (κ1) is 10.3. The van der Waals surface area contributed by atoms with Gasteiger partial charge in [0, 0.05) is 19.3 Å². The molecule has 3 nitrogen and oxygen atoms in total. The summed E-state index contributed by atoms with van der Waals surface area (Å²) in [5, 5.41) is 0. The monoisotopic (exact) mass is 205 g/mol. The van der Waals surface area contributed by atoms with Gasteiger partial charge in [-0.25, -0.2) is 4.98 Å². The topological polar surface area (TPSA) is 42.2 Å². The van der Waals surface area contributed by atoms with Gasteiger partial charge in [0.05, 0.1) is 5.69 Å². The number of piperidine rings is 1. The molecule has 1 aliphatic rings. The van der Waals surface area contributed by atoms with Crippen LogP contribution in [0.25, 0.3) is 0 Å². The molecule has 2 heterocycles. The molecule has 1 aliphatic heterocycles. The molecule has 2 rings (SSSR count). The van der Waals surface area contributed by atoms with E-state index in [-0.39, 0.29) is 0 Å². The summed E-state index contributed by atoms with van der Waals surface area (Å²) >= 11 is 0. The minimum Gasteiger partial charge on any atom is -0.396 e. The fraction of sp³-hybridized carbons (Fsp3) is 0.583. The molecule has 1 aromatic heterocycles. The summed E-state index contributed by atoms with van der Waals surface area (Å²) < 4.78 is 0. The highest BCUT2D eigenvalue weighted by molar-refractivity contribution is 5.66. The van der Waals surface area contributed by atoms with Gasteiger partial charge in [0.1, 0.15) is 0 Å². The van der Waals surface area contributed by atoms with Crippen molar-refractivity contribution < 1.29 is 0 Å². The van der Waals surface area contributed by atoms with Crippen LogP contribution in [0, 0.1) is 12.8 Å². The Morgan fingerprint density at radius 1 is 1.40 bits per heavy atom. The summed E-state index contributed by atoms with van der Waals surface area (Å²) in [4.78, 5) is 6.70. The molecule has 0 unspecified atom stereocenters. The van der Waals surface area contributed by atoms with Crippen LogP contribution in [0.1, 0.15) is 25.3 Å². The van der Waals surface area contributed by atoms with E-state index >= 15 is 0 Å². The van der Waals surface area contributed by atoms with E-state index in [4.69, 9.17) is 5.73 Å².